The number of nitrogens with two attached hydrogens (primary N) is 1. The van der Waals surface area contributed by atoms with Crippen LogP contribution in [0.15, 0.2) is 42.9 Å². The van der Waals surface area contributed by atoms with Crippen molar-refractivity contribution in [2.75, 3.05) is 6.54 Å². The summed E-state index contributed by atoms with van der Waals surface area (Å²) in [5.74, 6) is -0.789. The lowest BCUT2D eigenvalue weighted by Gasteiger charge is -2.35. The predicted molar refractivity (Wildman–Crippen MR) is 84.4 cm³/mol. The van der Waals surface area contributed by atoms with Gasteiger partial charge in [0.1, 0.15) is 0 Å². The van der Waals surface area contributed by atoms with Crippen LogP contribution in [0.5, 0.6) is 0 Å². The number of aromatic nitrogens is 2. The van der Waals surface area contributed by atoms with Crippen molar-refractivity contribution in [3.63, 3.8) is 0 Å². The Morgan fingerprint density at radius 3 is 2.57 bits per heavy atom. The maximum Gasteiger partial charge on any atom is 0.255 e. The molecule has 0 aliphatic carbocycles. The van der Waals surface area contributed by atoms with Crippen LogP contribution in [0.25, 0.3) is 0 Å². The molecule has 0 spiro atoms. The molecule has 1 aliphatic heterocycles. The van der Waals surface area contributed by atoms with E-state index in [1.165, 1.54) is 23.5 Å². The first kappa shape index (κ1) is 15.1. The maximum atomic E-state index is 12.9. The Labute approximate surface area is 134 Å². The third-order valence-electron chi connectivity index (χ3n) is 4.32. The van der Waals surface area contributed by atoms with Crippen molar-refractivity contribution in [2.45, 2.75) is 25.3 Å². The van der Waals surface area contributed by atoms with Crippen molar-refractivity contribution in [3.05, 3.63) is 59.7 Å². The van der Waals surface area contributed by atoms with E-state index in [1.54, 1.807) is 12.1 Å². The molecule has 2 amide bonds. The zero-order chi connectivity index (χ0) is 16.4. The number of likely N-dealkylation sites (tertiary alicyclic amines) is 1. The summed E-state index contributed by atoms with van der Waals surface area (Å²) in [6.45, 7) is 2.42. The van der Waals surface area contributed by atoms with Crippen LogP contribution in [0.3, 0.4) is 0 Å². The van der Waals surface area contributed by atoms with E-state index in [0.717, 1.165) is 5.56 Å². The van der Waals surface area contributed by atoms with E-state index in [4.69, 9.17) is 5.73 Å². The smallest absolute Gasteiger partial charge is 0.255 e. The molecule has 2 N–H and O–H groups in total. The molecular weight excluding hydrogens is 292 g/mol. The summed E-state index contributed by atoms with van der Waals surface area (Å²) in [7, 11) is 0. The van der Waals surface area contributed by atoms with Crippen molar-refractivity contribution in [1.82, 2.24) is 14.9 Å². The summed E-state index contributed by atoms with van der Waals surface area (Å²) in [4.78, 5) is 35.0. The highest BCUT2D eigenvalue weighted by Crippen LogP contribution is 2.38. The SMILES string of the molecule is Cc1ccc(C(=O)N2CCCC2(C(N)=O)c2cnccn2)cc1. The number of hydrogen-bond donors (Lipinski definition) is 1. The lowest BCUT2D eigenvalue weighted by molar-refractivity contribution is -0.128. The van der Waals surface area contributed by atoms with Gasteiger partial charge in [0.05, 0.1) is 11.9 Å². The van der Waals surface area contributed by atoms with Gasteiger partial charge in [0, 0.05) is 24.5 Å². The average Bonchev–Trinajstić information content (AvgIpc) is 3.02. The number of benzene rings is 1. The van der Waals surface area contributed by atoms with Crippen LogP contribution < -0.4 is 5.73 Å². The predicted octanol–water partition coefficient (Wildman–Crippen LogP) is 1.40. The van der Waals surface area contributed by atoms with E-state index >= 15 is 0 Å². The molecule has 0 saturated carbocycles. The first-order valence-electron chi connectivity index (χ1n) is 7.51. The molecule has 1 aromatic carbocycles. The molecule has 6 heteroatoms. The van der Waals surface area contributed by atoms with E-state index in [9.17, 15) is 9.59 Å². The number of aryl methyl sites for hydroxylation is 1. The second kappa shape index (κ2) is 5.79. The van der Waals surface area contributed by atoms with Gasteiger partial charge >= 0.3 is 0 Å². The molecule has 0 bridgehead atoms. The van der Waals surface area contributed by atoms with Crippen LogP contribution in [0.1, 0.15) is 34.5 Å². The maximum absolute atomic E-state index is 12.9. The lowest BCUT2D eigenvalue weighted by Crippen LogP contribution is -2.54. The quantitative estimate of drug-likeness (QED) is 0.928. The van der Waals surface area contributed by atoms with E-state index < -0.39 is 11.4 Å². The van der Waals surface area contributed by atoms with Gasteiger partial charge in [-0.15, -0.1) is 0 Å². The molecule has 1 saturated heterocycles. The van der Waals surface area contributed by atoms with Crippen molar-refractivity contribution < 1.29 is 9.59 Å². The highest BCUT2D eigenvalue weighted by Gasteiger charge is 2.51. The summed E-state index contributed by atoms with van der Waals surface area (Å²) >= 11 is 0. The summed E-state index contributed by atoms with van der Waals surface area (Å²) in [6, 6.07) is 7.27. The normalized spacial score (nSPS) is 20.5. The Balaban J connectivity index is 2.05. The summed E-state index contributed by atoms with van der Waals surface area (Å²) in [6.07, 6.45) is 5.69. The second-order valence-electron chi connectivity index (χ2n) is 5.74. The molecule has 1 unspecified atom stereocenters. The van der Waals surface area contributed by atoms with E-state index in [2.05, 4.69) is 9.97 Å². The fraction of sp³-hybridized carbons (Fsp3) is 0.294. The van der Waals surface area contributed by atoms with Gasteiger partial charge in [-0.05, 0) is 31.9 Å². The molecule has 3 rings (SSSR count). The Hall–Kier alpha value is -2.76. The van der Waals surface area contributed by atoms with Crippen LogP contribution >= 0.6 is 0 Å². The van der Waals surface area contributed by atoms with Crippen LogP contribution in [-0.2, 0) is 10.3 Å². The van der Waals surface area contributed by atoms with Crippen molar-refractivity contribution in [3.8, 4) is 0 Å². The molecular formula is C17H18N4O2. The number of amides is 2. The minimum Gasteiger partial charge on any atom is -0.367 e. The first-order chi connectivity index (χ1) is 11.1. The Morgan fingerprint density at radius 2 is 1.96 bits per heavy atom. The molecule has 2 aromatic rings. The van der Waals surface area contributed by atoms with Gasteiger partial charge in [-0.3, -0.25) is 19.6 Å². The number of hydrogen-bond acceptors (Lipinski definition) is 4. The largest absolute Gasteiger partial charge is 0.367 e. The Kier molecular flexibility index (Phi) is 3.82. The number of primary amides is 1. The number of carbonyl (C=O) groups is 2. The van der Waals surface area contributed by atoms with Crippen LogP contribution in [0.2, 0.25) is 0 Å². The van der Waals surface area contributed by atoms with E-state index in [-0.39, 0.29) is 5.91 Å². The average molecular weight is 310 g/mol. The molecule has 2 heterocycles. The van der Waals surface area contributed by atoms with Crippen molar-refractivity contribution in [2.24, 2.45) is 5.73 Å². The number of nitrogens with zero attached hydrogens (tertiary/aromatic N) is 3. The molecule has 1 aliphatic rings. The van der Waals surface area contributed by atoms with Gasteiger partial charge in [0.25, 0.3) is 5.91 Å². The molecule has 6 nitrogen and oxygen atoms in total. The van der Waals surface area contributed by atoms with Gasteiger partial charge in [0.15, 0.2) is 5.54 Å². The van der Waals surface area contributed by atoms with Gasteiger partial charge in [-0.2, -0.15) is 0 Å². The van der Waals surface area contributed by atoms with Crippen molar-refractivity contribution >= 4 is 11.8 Å². The monoisotopic (exact) mass is 310 g/mol. The van der Waals surface area contributed by atoms with Gasteiger partial charge in [-0.25, -0.2) is 0 Å². The fourth-order valence-electron chi connectivity index (χ4n) is 3.11. The van der Waals surface area contributed by atoms with Gasteiger partial charge in [0.2, 0.25) is 5.91 Å². The fourth-order valence-corrected chi connectivity index (χ4v) is 3.11. The first-order valence-corrected chi connectivity index (χ1v) is 7.51. The van der Waals surface area contributed by atoms with Gasteiger partial charge in [-0.1, -0.05) is 17.7 Å². The van der Waals surface area contributed by atoms with Crippen LogP contribution in [0.4, 0.5) is 0 Å². The number of carbonyl (C=O) groups excluding carboxylic acids is 2. The van der Waals surface area contributed by atoms with Crippen molar-refractivity contribution in [1.29, 1.82) is 0 Å². The van der Waals surface area contributed by atoms with Crippen LogP contribution in [0, 0.1) is 6.92 Å². The second-order valence-corrected chi connectivity index (χ2v) is 5.74. The highest BCUT2D eigenvalue weighted by molar-refractivity contribution is 5.99. The van der Waals surface area contributed by atoms with E-state index in [0.29, 0.717) is 30.6 Å². The Morgan fingerprint density at radius 1 is 1.22 bits per heavy atom. The molecule has 118 valence electrons. The van der Waals surface area contributed by atoms with E-state index in [1.807, 2.05) is 19.1 Å². The molecule has 1 atom stereocenters. The highest BCUT2D eigenvalue weighted by atomic mass is 16.2. The topological polar surface area (TPSA) is 89.2 Å². The van der Waals surface area contributed by atoms with Gasteiger partial charge < -0.3 is 10.6 Å². The zero-order valence-electron chi connectivity index (χ0n) is 12.9. The third-order valence-corrected chi connectivity index (χ3v) is 4.32. The minimum atomic E-state index is -1.23. The zero-order valence-corrected chi connectivity index (χ0v) is 12.9. The summed E-state index contributed by atoms with van der Waals surface area (Å²) in [5.41, 5.74) is 6.49. The summed E-state index contributed by atoms with van der Waals surface area (Å²) in [5, 5.41) is 0. The summed E-state index contributed by atoms with van der Waals surface area (Å²) < 4.78 is 0. The molecule has 1 aromatic heterocycles. The minimum absolute atomic E-state index is 0.216. The Bertz CT molecular complexity index is 730. The third kappa shape index (κ3) is 2.46. The molecule has 23 heavy (non-hydrogen) atoms. The number of rotatable bonds is 3. The van der Waals surface area contributed by atoms with Crippen LogP contribution in [-0.4, -0.2) is 33.2 Å². The molecule has 1 fully saturated rings. The lowest BCUT2D eigenvalue weighted by atomic mass is 9.90. The molecule has 0 radical (unpaired) electrons. The standard InChI is InChI=1S/C17H18N4O2/c1-12-3-5-13(6-4-12)15(22)21-10-2-7-17(21,16(18)23)14-11-19-8-9-20-14/h3-6,8-9,11H,2,7,10H2,1H3,(H2,18,23).